The van der Waals surface area contributed by atoms with E-state index in [0.29, 0.717) is 29.4 Å². The maximum absolute atomic E-state index is 13.5. The molecule has 4 aromatic rings. The van der Waals surface area contributed by atoms with Crippen LogP contribution in [0.25, 0.3) is 21.7 Å². The number of H-pyrrole nitrogens is 1. The quantitative estimate of drug-likeness (QED) is 0.514. The van der Waals surface area contributed by atoms with Crippen LogP contribution < -0.4 is 10.9 Å². The molecule has 0 saturated heterocycles. The minimum atomic E-state index is -0.286. The molecule has 0 fully saturated rings. The molecule has 0 aliphatic carbocycles. The van der Waals surface area contributed by atoms with Crippen LogP contribution in [0, 0.1) is 5.82 Å². The van der Waals surface area contributed by atoms with Gasteiger partial charge in [0.15, 0.2) is 0 Å². The number of aromatic amines is 1. The number of amides is 1. The van der Waals surface area contributed by atoms with Gasteiger partial charge in [0.2, 0.25) is 5.91 Å². The Morgan fingerprint density at radius 3 is 2.70 bits per heavy atom. The first-order chi connectivity index (χ1) is 14.4. The van der Waals surface area contributed by atoms with Crippen molar-refractivity contribution in [2.75, 3.05) is 6.54 Å². The van der Waals surface area contributed by atoms with Gasteiger partial charge < -0.3 is 10.3 Å². The summed E-state index contributed by atoms with van der Waals surface area (Å²) < 4.78 is 14.9. The number of benzene rings is 2. The van der Waals surface area contributed by atoms with E-state index in [0.717, 1.165) is 16.5 Å². The molecule has 0 bridgehead atoms. The van der Waals surface area contributed by atoms with Crippen molar-refractivity contribution in [1.29, 1.82) is 0 Å². The Hall–Kier alpha value is -3.48. The van der Waals surface area contributed by atoms with E-state index in [9.17, 15) is 14.0 Å². The van der Waals surface area contributed by atoms with E-state index in [1.165, 1.54) is 16.8 Å². The van der Waals surface area contributed by atoms with E-state index in [1.54, 1.807) is 12.1 Å². The predicted molar refractivity (Wildman–Crippen MR) is 115 cm³/mol. The lowest BCUT2D eigenvalue weighted by atomic mass is 10.1. The van der Waals surface area contributed by atoms with E-state index in [2.05, 4.69) is 15.4 Å². The Morgan fingerprint density at radius 2 is 1.93 bits per heavy atom. The van der Waals surface area contributed by atoms with Crippen molar-refractivity contribution >= 4 is 27.6 Å². The standard InChI is InChI=1S/C23H23FN4O2/c1-14(2)28-23(30)18-6-4-3-5-17(18)21(27-28)12-22(29)25-10-9-15-13-26-20-8-7-16(24)11-19(15)20/h3-8,11,13-14,26H,9-10,12H2,1-2H3,(H,25,29). The maximum Gasteiger partial charge on any atom is 0.274 e. The topological polar surface area (TPSA) is 79.8 Å². The normalized spacial score (nSPS) is 11.5. The molecule has 30 heavy (non-hydrogen) atoms. The van der Waals surface area contributed by atoms with E-state index in [4.69, 9.17) is 0 Å². The van der Waals surface area contributed by atoms with Gasteiger partial charge in [0.1, 0.15) is 5.82 Å². The van der Waals surface area contributed by atoms with Crippen molar-refractivity contribution in [3.63, 3.8) is 0 Å². The van der Waals surface area contributed by atoms with Crippen molar-refractivity contribution in [1.82, 2.24) is 20.1 Å². The second-order valence-corrected chi connectivity index (χ2v) is 7.62. The Labute approximate surface area is 172 Å². The Morgan fingerprint density at radius 1 is 1.17 bits per heavy atom. The van der Waals surface area contributed by atoms with Gasteiger partial charge in [0.25, 0.3) is 5.56 Å². The third-order valence-corrected chi connectivity index (χ3v) is 5.17. The van der Waals surface area contributed by atoms with Crippen LogP contribution in [-0.4, -0.2) is 27.2 Å². The molecule has 0 radical (unpaired) electrons. The Bertz CT molecular complexity index is 1290. The first kappa shape index (κ1) is 19.8. The highest BCUT2D eigenvalue weighted by atomic mass is 19.1. The molecule has 4 rings (SSSR count). The second kappa shape index (κ2) is 8.10. The average Bonchev–Trinajstić information content (AvgIpc) is 3.12. The summed E-state index contributed by atoms with van der Waals surface area (Å²) in [6, 6.07) is 11.7. The number of halogens is 1. The van der Waals surface area contributed by atoms with Gasteiger partial charge in [-0.05, 0) is 50.1 Å². The number of carbonyl (C=O) groups excluding carboxylic acids is 1. The highest BCUT2D eigenvalue weighted by molar-refractivity contribution is 5.88. The number of aromatic nitrogens is 3. The summed E-state index contributed by atoms with van der Waals surface area (Å²) in [6.45, 7) is 4.19. The summed E-state index contributed by atoms with van der Waals surface area (Å²) in [5.74, 6) is -0.460. The average molecular weight is 406 g/mol. The SMILES string of the molecule is CC(C)n1nc(CC(=O)NCCc2c[nH]c3ccc(F)cc23)c2ccccc2c1=O. The van der Waals surface area contributed by atoms with Crippen LogP contribution in [0.4, 0.5) is 4.39 Å². The number of fused-ring (bicyclic) bond motifs is 2. The van der Waals surface area contributed by atoms with Gasteiger partial charge >= 0.3 is 0 Å². The molecule has 1 amide bonds. The number of nitrogens with zero attached hydrogens (tertiary/aromatic N) is 2. The minimum Gasteiger partial charge on any atom is -0.361 e. The zero-order chi connectivity index (χ0) is 21.3. The van der Waals surface area contributed by atoms with E-state index >= 15 is 0 Å². The maximum atomic E-state index is 13.5. The number of nitrogens with one attached hydrogen (secondary N) is 2. The third-order valence-electron chi connectivity index (χ3n) is 5.17. The zero-order valence-corrected chi connectivity index (χ0v) is 16.9. The summed E-state index contributed by atoms with van der Waals surface area (Å²) in [4.78, 5) is 28.3. The van der Waals surface area contributed by atoms with E-state index < -0.39 is 0 Å². The summed E-state index contributed by atoms with van der Waals surface area (Å²) in [5.41, 5.74) is 2.23. The molecule has 0 aliphatic heterocycles. The highest BCUT2D eigenvalue weighted by Crippen LogP contribution is 2.20. The molecule has 2 aromatic carbocycles. The van der Waals surface area contributed by atoms with Gasteiger partial charge in [0, 0.05) is 29.0 Å². The van der Waals surface area contributed by atoms with Crippen molar-refractivity contribution in [3.05, 3.63) is 76.1 Å². The molecule has 2 heterocycles. The van der Waals surface area contributed by atoms with Gasteiger partial charge in [0.05, 0.1) is 23.5 Å². The molecule has 7 heteroatoms. The van der Waals surface area contributed by atoms with Crippen molar-refractivity contribution in [3.8, 4) is 0 Å². The molecule has 2 N–H and O–H groups in total. The number of carbonyl (C=O) groups is 1. The fourth-order valence-electron chi connectivity index (χ4n) is 3.66. The fraction of sp³-hybridized carbons (Fsp3) is 0.261. The first-order valence-electron chi connectivity index (χ1n) is 9.96. The summed E-state index contributed by atoms with van der Waals surface area (Å²) in [5, 5.41) is 9.42. The molecule has 0 aliphatic rings. The minimum absolute atomic E-state index is 0.0794. The van der Waals surface area contributed by atoms with Crippen LogP contribution in [0.3, 0.4) is 0 Å². The van der Waals surface area contributed by atoms with Crippen molar-refractivity contribution in [2.45, 2.75) is 32.7 Å². The second-order valence-electron chi connectivity index (χ2n) is 7.62. The van der Waals surface area contributed by atoms with Crippen LogP contribution >= 0.6 is 0 Å². The number of rotatable bonds is 6. The lowest BCUT2D eigenvalue weighted by molar-refractivity contribution is -0.120. The molecular weight excluding hydrogens is 383 g/mol. The highest BCUT2D eigenvalue weighted by Gasteiger charge is 2.15. The van der Waals surface area contributed by atoms with Gasteiger partial charge in [-0.15, -0.1) is 0 Å². The Balaban J connectivity index is 1.49. The van der Waals surface area contributed by atoms with E-state index in [1.807, 2.05) is 38.2 Å². The molecule has 2 aromatic heterocycles. The van der Waals surface area contributed by atoms with Gasteiger partial charge in [-0.2, -0.15) is 5.10 Å². The molecular formula is C23H23FN4O2. The number of hydrogen-bond donors (Lipinski definition) is 2. The third kappa shape index (κ3) is 3.83. The lowest BCUT2D eigenvalue weighted by Crippen LogP contribution is -2.30. The van der Waals surface area contributed by atoms with Crippen LogP contribution in [0.1, 0.15) is 31.1 Å². The molecule has 0 unspecified atom stereocenters. The summed E-state index contributed by atoms with van der Waals surface area (Å²) in [7, 11) is 0. The zero-order valence-electron chi connectivity index (χ0n) is 16.9. The van der Waals surface area contributed by atoms with Crippen LogP contribution in [-0.2, 0) is 17.6 Å². The number of hydrogen-bond acceptors (Lipinski definition) is 3. The summed E-state index contributed by atoms with van der Waals surface area (Å²) >= 11 is 0. The Kier molecular flexibility index (Phi) is 5.35. The van der Waals surface area contributed by atoms with Crippen molar-refractivity contribution in [2.24, 2.45) is 0 Å². The molecule has 0 spiro atoms. The molecule has 0 saturated carbocycles. The lowest BCUT2D eigenvalue weighted by Gasteiger charge is -2.13. The largest absolute Gasteiger partial charge is 0.361 e. The monoisotopic (exact) mass is 406 g/mol. The van der Waals surface area contributed by atoms with Gasteiger partial charge in [-0.25, -0.2) is 9.07 Å². The molecule has 6 nitrogen and oxygen atoms in total. The van der Waals surface area contributed by atoms with Crippen molar-refractivity contribution < 1.29 is 9.18 Å². The molecule has 154 valence electrons. The van der Waals surface area contributed by atoms with Crippen LogP contribution in [0.5, 0.6) is 0 Å². The smallest absolute Gasteiger partial charge is 0.274 e. The van der Waals surface area contributed by atoms with Crippen LogP contribution in [0.15, 0.2) is 53.5 Å². The van der Waals surface area contributed by atoms with E-state index in [-0.39, 0.29) is 29.7 Å². The van der Waals surface area contributed by atoms with Gasteiger partial charge in [-0.3, -0.25) is 9.59 Å². The van der Waals surface area contributed by atoms with Gasteiger partial charge in [-0.1, -0.05) is 18.2 Å². The fourth-order valence-corrected chi connectivity index (χ4v) is 3.66. The van der Waals surface area contributed by atoms with Crippen LogP contribution in [0.2, 0.25) is 0 Å². The first-order valence-corrected chi connectivity index (χ1v) is 9.96. The molecule has 0 atom stereocenters. The predicted octanol–water partition coefficient (Wildman–Crippen LogP) is 3.50. The summed E-state index contributed by atoms with van der Waals surface area (Å²) in [6.07, 6.45) is 2.49.